The number of hydrogen-bond donors (Lipinski definition) is 5. The molecule has 0 aliphatic carbocycles. The van der Waals surface area contributed by atoms with Gasteiger partial charge in [-0.1, -0.05) is 0 Å². The summed E-state index contributed by atoms with van der Waals surface area (Å²) in [5.74, 6) is -1.81. The molecule has 5 N–H and O–H groups in total. The minimum absolute atomic E-state index is 0.519. The molecule has 23 heavy (non-hydrogen) atoms. The number of alkyl halides is 3. The fourth-order valence-electron chi connectivity index (χ4n) is 2.57. The zero-order valence-corrected chi connectivity index (χ0v) is 14.3. The van der Waals surface area contributed by atoms with E-state index in [1.807, 2.05) is 0 Å². The van der Waals surface area contributed by atoms with E-state index in [-0.39, 0.29) is 0 Å². The highest BCUT2D eigenvalue weighted by Gasteiger charge is 2.57. The Morgan fingerprint density at radius 2 is 1.74 bits per heavy atom. The molecule has 2 aliphatic heterocycles. The van der Waals surface area contributed by atoms with Crippen LogP contribution in [0.1, 0.15) is 6.92 Å². The van der Waals surface area contributed by atoms with Crippen LogP contribution in [0.5, 0.6) is 0 Å². The fourth-order valence-corrected chi connectivity index (χ4v) is 3.26. The Labute approximate surface area is 147 Å². The van der Waals surface area contributed by atoms with Crippen LogP contribution in [0.15, 0.2) is 0 Å². The summed E-state index contributed by atoms with van der Waals surface area (Å²) in [5.41, 5.74) is 0. The number of rotatable bonds is 4. The van der Waals surface area contributed by atoms with Crippen molar-refractivity contribution in [3.8, 4) is 0 Å². The second-order valence-corrected chi connectivity index (χ2v) is 7.31. The second-order valence-electron chi connectivity index (χ2n) is 5.64. The average Bonchev–Trinajstić information content (AvgIpc) is 2.73. The van der Waals surface area contributed by atoms with Gasteiger partial charge in [0.15, 0.2) is 12.1 Å². The number of ether oxygens (including phenoxy) is 3. The molecular weight excluding hydrogens is 378 g/mol. The maximum Gasteiger partial charge on any atom is 0.197 e. The first kappa shape index (κ1) is 19.9. The molecule has 2 heterocycles. The SMILES string of the molecule is C[C@]1(O[C@@H]2O[C@H](CO)[C@H](Cl)[C@H](O)[C@H]2O)O[C@H](C(Cl)Cl)[C@@H](O)[C@@H]1O. The van der Waals surface area contributed by atoms with Crippen LogP contribution in [0.3, 0.4) is 0 Å². The van der Waals surface area contributed by atoms with Crippen molar-refractivity contribution >= 4 is 34.8 Å². The van der Waals surface area contributed by atoms with Crippen molar-refractivity contribution in [1.29, 1.82) is 0 Å². The molecule has 11 heteroatoms. The van der Waals surface area contributed by atoms with Crippen LogP contribution in [-0.4, -0.2) is 91.1 Å². The minimum Gasteiger partial charge on any atom is -0.394 e. The van der Waals surface area contributed by atoms with E-state index in [1.54, 1.807) is 0 Å². The molecule has 0 unspecified atom stereocenters. The molecule has 0 spiro atoms. The second kappa shape index (κ2) is 7.43. The molecule has 0 aromatic heterocycles. The van der Waals surface area contributed by atoms with Crippen LogP contribution in [0.4, 0.5) is 0 Å². The molecule has 2 rings (SSSR count). The van der Waals surface area contributed by atoms with E-state index in [2.05, 4.69) is 0 Å². The van der Waals surface area contributed by atoms with Crippen LogP contribution in [-0.2, 0) is 14.2 Å². The fraction of sp³-hybridized carbons (Fsp3) is 1.00. The van der Waals surface area contributed by atoms with Gasteiger partial charge >= 0.3 is 0 Å². The van der Waals surface area contributed by atoms with E-state index >= 15 is 0 Å². The average molecular weight is 398 g/mol. The summed E-state index contributed by atoms with van der Waals surface area (Å²) in [4.78, 5) is -1.13. The molecule has 2 aliphatic rings. The lowest BCUT2D eigenvalue weighted by Crippen LogP contribution is -2.60. The van der Waals surface area contributed by atoms with Crippen molar-refractivity contribution in [2.75, 3.05) is 6.61 Å². The maximum absolute atomic E-state index is 10.1. The zero-order chi connectivity index (χ0) is 17.5. The number of aliphatic hydroxyl groups is 5. The summed E-state index contributed by atoms with van der Waals surface area (Å²) in [6, 6.07) is 0. The predicted molar refractivity (Wildman–Crippen MR) is 79.3 cm³/mol. The zero-order valence-electron chi connectivity index (χ0n) is 12.0. The first-order valence-electron chi connectivity index (χ1n) is 6.88. The molecule has 0 saturated carbocycles. The summed E-state index contributed by atoms with van der Waals surface area (Å²) in [6.07, 6.45) is -9.57. The van der Waals surface area contributed by atoms with E-state index < -0.39 is 65.5 Å². The summed E-state index contributed by atoms with van der Waals surface area (Å²) in [7, 11) is 0. The predicted octanol–water partition coefficient (Wildman–Crippen LogP) is -1.31. The van der Waals surface area contributed by atoms with Gasteiger partial charge in [0.25, 0.3) is 0 Å². The quantitative estimate of drug-likeness (QED) is 0.370. The molecule has 136 valence electrons. The van der Waals surface area contributed by atoms with Crippen LogP contribution >= 0.6 is 34.8 Å². The van der Waals surface area contributed by atoms with Crippen LogP contribution in [0.2, 0.25) is 0 Å². The Bertz CT molecular complexity index is 414. The third kappa shape index (κ3) is 3.73. The van der Waals surface area contributed by atoms with Crippen molar-refractivity contribution in [3.63, 3.8) is 0 Å². The highest BCUT2D eigenvalue weighted by atomic mass is 35.5. The third-order valence-corrected chi connectivity index (χ3v) is 5.00. The van der Waals surface area contributed by atoms with Gasteiger partial charge < -0.3 is 39.7 Å². The number of halogens is 3. The monoisotopic (exact) mass is 396 g/mol. The van der Waals surface area contributed by atoms with E-state index in [0.717, 1.165) is 0 Å². The summed E-state index contributed by atoms with van der Waals surface area (Å²) in [5, 5.41) is 48.1. The van der Waals surface area contributed by atoms with Gasteiger partial charge in [-0.2, -0.15) is 0 Å². The third-order valence-electron chi connectivity index (χ3n) is 3.97. The van der Waals surface area contributed by atoms with E-state index in [1.165, 1.54) is 6.92 Å². The number of hydrogen-bond acceptors (Lipinski definition) is 8. The van der Waals surface area contributed by atoms with Gasteiger partial charge in [-0.3, -0.25) is 0 Å². The van der Waals surface area contributed by atoms with Crippen molar-refractivity contribution in [3.05, 3.63) is 0 Å². The van der Waals surface area contributed by atoms with Crippen molar-refractivity contribution in [2.45, 2.75) is 65.8 Å². The van der Waals surface area contributed by atoms with Gasteiger partial charge in [0, 0.05) is 0 Å². The largest absolute Gasteiger partial charge is 0.394 e. The smallest absolute Gasteiger partial charge is 0.197 e. The first-order chi connectivity index (χ1) is 10.6. The van der Waals surface area contributed by atoms with E-state index in [0.29, 0.717) is 0 Å². The Kier molecular flexibility index (Phi) is 6.42. The van der Waals surface area contributed by atoms with Gasteiger partial charge in [0.05, 0.1) is 12.0 Å². The Morgan fingerprint density at radius 1 is 1.13 bits per heavy atom. The molecule has 0 bridgehead atoms. The number of aliphatic hydroxyl groups excluding tert-OH is 5. The van der Waals surface area contributed by atoms with Gasteiger partial charge in [0.1, 0.15) is 41.5 Å². The van der Waals surface area contributed by atoms with Crippen LogP contribution in [0.25, 0.3) is 0 Å². The Morgan fingerprint density at radius 3 is 2.22 bits per heavy atom. The van der Waals surface area contributed by atoms with Crippen LogP contribution in [0, 0.1) is 0 Å². The molecule has 0 amide bonds. The summed E-state index contributed by atoms with van der Waals surface area (Å²) in [6.45, 7) is 0.773. The van der Waals surface area contributed by atoms with Gasteiger partial charge in [-0.05, 0) is 6.92 Å². The van der Waals surface area contributed by atoms with Gasteiger partial charge in [0.2, 0.25) is 0 Å². The lowest BCUT2D eigenvalue weighted by molar-refractivity contribution is -0.359. The van der Waals surface area contributed by atoms with E-state index in [9.17, 15) is 25.5 Å². The van der Waals surface area contributed by atoms with Crippen molar-refractivity contribution in [2.24, 2.45) is 0 Å². The standard InChI is InChI=1S/C12H19Cl3O8/c1-12(9(20)7(19)8(22-12)10(14)15)23-11-6(18)5(17)4(13)3(2-16)21-11/h3-11,16-20H,2H2,1H3/t3-,4+,5+,6-,7-,8+,9+,11+,12-/m1/s1. The first-order valence-corrected chi connectivity index (χ1v) is 8.19. The highest BCUT2D eigenvalue weighted by Crippen LogP contribution is 2.38. The molecular formula is C12H19Cl3O8. The normalized spacial score (nSPS) is 51.4. The summed E-state index contributed by atoms with van der Waals surface area (Å²) < 4.78 is 16.1. The molecule has 2 fully saturated rings. The summed E-state index contributed by atoms with van der Waals surface area (Å²) >= 11 is 17.2. The minimum atomic E-state index is -1.81. The molecule has 0 aromatic rings. The lowest BCUT2D eigenvalue weighted by atomic mass is 10.0. The molecule has 0 radical (unpaired) electrons. The Hall–Kier alpha value is 0.550. The maximum atomic E-state index is 10.1. The highest BCUT2D eigenvalue weighted by molar-refractivity contribution is 6.44. The Balaban J connectivity index is 2.13. The van der Waals surface area contributed by atoms with Gasteiger partial charge in [-0.25, -0.2) is 0 Å². The van der Waals surface area contributed by atoms with Crippen LogP contribution < -0.4 is 0 Å². The van der Waals surface area contributed by atoms with Crippen molar-refractivity contribution in [1.82, 2.24) is 0 Å². The molecule has 8 nitrogen and oxygen atoms in total. The lowest BCUT2D eigenvalue weighted by Gasteiger charge is -2.42. The van der Waals surface area contributed by atoms with Crippen molar-refractivity contribution < 1.29 is 39.7 Å². The molecule has 0 aromatic carbocycles. The topological polar surface area (TPSA) is 129 Å². The molecule has 2 saturated heterocycles. The van der Waals surface area contributed by atoms with Gasteiger partial charge in [-0.15, -0.1) is 34.8 Å². The van der Waals surface area contributed by atoms with E-state index in [4.69, 9.17) is 49.0 Å². The molecule has 9 atom stereocenters.